The molecule has 1 aromatic heterocycles. The van der Waals surface area contributed by atoms with Crippen LogP contribution in [0, 0.1) is 0 Å². The monoisotopic (exact) mass is 522 g/mol. The first-order chi connectivity index (χ1) is 17.5. The second kappa shape index (κ2) is 10.2. The molecule has 0 spiro atoms. The number of rotatable bonds is 6. The maximum absolute atomic E-state index is 13.4. The summed E-state index contributed by atoms with van der Waals surface area (Å²) in [6, 6.07) is 17.6. The van der Waals surface area contributed by atoms with E-state index in [0.717, 1.165) is 12.1 Å². The Morgan fingerprint density at radius 1 is 0.865 bits per heavy atom. The molecule has 0 aliphatic carbocycles. The van der Waals surface area contributed by atoms with Crippen LogP contribution >= 0.6 is 0 Å². The molecule has 1 unspecified atom stereocenters. The normalized spacial score (nSPS) is 12.6. The predicted molar refractivity (Wildman–Crippen MR) is 119 cm³/mol. The van der Waals surface area contributed by atoms with Crippen molar-refractivity contribution in [3.05, 3.63) is 90.8 Å². The highest BCUT2D eigenvalue weighted by molar-refractivity contribution is 5.85. The van der Waals surface area contributed by atoms with E-state index in [4.69, 9.17) is 0 Å². The molecule has 4 rings (SSSR count). The molecule has 0 aliphatic rings. The van der Waals surface area contributed by atoms with E-state index in [1.807, 2.05) is 0 Å². The van der Waals surface area contributed by atoms with E-state index in [0.29, 0.717) is 11.3 Å². The number of aromatic nitrogens is 3. The van der Waals surface area contributed by atoms with Crippen LogP contribution in [0.1, 0.15) is 11.7 Å². The van der Waals surface area contributed by atoms with Crippen molar-refractivity contribution >= 4 is 11.8 Å². The third kappa shape index (κ3) is 6.78. The molecule has 0 radical (unpaired) electrons. The number of nitrogens with zero attached hydrogens (tertiary/aromatic N) is 3. The van der Waals surface area contributed by atoms with Crippen LogP contribution < -0.4 is 10.1 Å². The van der Waals surface area contributed by atoms with Crippen molar-refractivity contribution in [2.45, 2.75) is 18.6 Å². The number of halogens is 6. The minimum atomic E-state index is -4.81. The number of carbonyl (C=O) groups is 1. The standard InChI is InChI=1S/C24H16F6N4O3/c25-23(26,27)20(15-4-2-1-3-5-15)36-22(35)32-17-8-6-16(7-9-17)21-31-14-34(33-21)18-10-12-19(13-11-18)37-24(28,29)30/h1-14,20H,(H,32,35). The van der Waals surface area contributed by atoms with Gasteiger partial charge in [0.25, 0.3) is 0 Å². The summed E-state index contributed by atoms with van der Waals surface area (Å²) in [5.41, 5.74) is 0.881. The van der Waals surface area contributed by atoms with Crippen LogP contribution in [-0.2, 0) is 4.74 Å². The van der Waals surface area contributed by atoms with Gasteiger partial charge < -0.3 is 9.47 Å². The van der Waals surface area contributed by atoms with Gasteiger partial charge >= 0.3 is 18.6 Å². The molecule has 0 aliphatic heterocycles. The van der Waals surface area contributed by atoms with E-state index in [1.54, 1.807) is 6.07 Å². The molecule has 3 aromatic carbocycles. The van der Waals surface area contributed by atoms with E-state index >= 15 is 0 Å². The SMILES string of the molecule is O=C(Nc1ccc(-c2ncn(-c3ccc(OC(F)(F)F)cc3)n2)cc1)OC(c1ccccc1)C(F)(F)F. The maximum atomic E-state index is 13.4. The number of anilines is 1. The smallest absolute Gasteiger partial charge is 0.431 e. The number of hydrogen-bond acceptors (Lipinski definition) is 5. The second-order valence-corrected chi connectivity index (χ2v) is 7.49. The zero-order chi connectivity index (χ0) is 26.6. The largest absolute Gasteiger partial charge is 0.573 e. The van der Waals surface area contributed by atoms with Crippen LogP contribution in [0.2, 0.25) is 0 Å². The van der Waals surface area contributed by atoms with Crippen molar-refractivity contribution in [2.75, 3.05) is 5.32 Å². The van der Waals surface area contributed by atoms with Crippen LogP contribution in [0.4, 0.5) is 36.8 Å². The van der Waals surface area contributed by atoms with E-state index in [2.05, 4.69) is 24.9 Å². The molecule has 0 saturated heterocycles. The summed E-state index contributed by atoms with van der Waals surface area (Å²) in [5.74, 6) is -0.130. The molecular weight excluding hydrogens is 506 g/mol. The Morgan fingerprint density at radius 2 is 1.51 bits per heavy atom. The summed E-state index contributed by atoms with van der Waals surface area (Å²) in [5, 5.41) is 6.50. The Kier molecular flexibility index (Phi) is 7.05. The minimum Gasteiger partial charge on any atom is -0.431 e. The van der Waals surface area contributed by atoms with E-state index in [-0.39, 0.29) is 22.8 Å². The first-order valence-corrected chi connectivity index (χ1v) is 10.5. The Morgan fingerprint density at radius 3 is 2.11 bits per heavy atom. The lowest BCUT2D eigenvalue weighted by Gasteiger charge is -2.21. The average molecular weight is 522 g/mol. The lowest BCUT2D eigenvalue weighted by atomic mass is 10.1. The molecule has 7 nitrogen and oxygen atoms in total. The van der Waals surface area contributed by atoms with Crippen LogP contribution in [0.3, 0.4) is 0 Å². The van der Waals surface area contributed by atoms with Gasteiger partial charge in [-0.2, -0.15) is 13.2 Å². The highest BCUT2D eigenvalue weighted by Gasteiger charge is 2.44. The van der Waals surface area contributed by atoms with Crippen LogP contribution in [0.5, 0.6) is 5.75 Å². The topological polar surface area (TPSA) is 78.3 Å². The van der Waals surface area contributed by atoms with Gasteiger partial charge in [0.2, 0.25) is 6.10 Å². The fraction of sp³-hybridized carbons (Fsp3) is 0.125. The molecule has 0 bridgehead atoms. The average Bonchev–Trinajstić information content (AvgIpc) is 3.33. The molecular formula is C24H16F6N4O3. The molecule has 0 fully saturated rings. The summed E-state index contributed by atoms with van der Waals surface area (Å²) in [6.45, 7) is 0. The third-order valence-corrected chi connectivity index (χ3v) is 4.84. The van der Waals surface area contributed by atoms with E-state index < -0.39 is 24.7 Å². The van der Waals surface area contributed by atoms with Gasteiger partial charge in [-0.05, 0) is 48.5 Å². The van der Waals surface area contributed by atoms with Crippen molar-refractivity contribution in [3.63, 3.8) is 0 Å². The fourth-order valence-corrected chi connectivity index (χ4v) is 3.23. The lowest BCUT2D eigenvalue weighted by molar-refractivity contribution is -0.274. The number of ether oxygens (including phenoxy) is 2. The Labute approximate surface area is 205 Å². The predicted octanol–water partition coefficient (Wildman–Crippen LogP) is 6.69. The highest BCUT2D eigenvalue weighted by Crippen LogP contribution is 2.36. The quantitative estimate of drug-likeness (QED) is 0.286. The van der Waals surface area contributed by atoms with Crippen molar-refractivity contribution < 1.29 is 40.6 Å². The van der Waals surface area contributed by atoms with Gasteiger partial charge in [0, 0.05) is 16.8 Å². The summed E-state index contributed by atoms with van der Waals surface area (Å²) in [4.78, 5) is 16.3. The van der Waals surface area contributed by atoms with E-state index in [9.17, 15) is 31.1 Å². The fourth-order valence-electron chi connectivity index (χ4n) is 3.23. The van der Waals surface area contributed by atoms with Crippen molar-refractivity contribution in [1.29, 1.82) is 0 Å². The molecule has 1 N–H and O–H groups in total. The van der Waals surface area contributed by atoms with Crippen molar-refractivity contribution in [3.8, 4) is 22.8 Å². The third-order valence-electron chi connectivity index (χ3n) is 4.84. The molecule has 37 heavy (non-hydrogen) atoms. The summed E-state index contributed by atoms with van der Waals surface area (Å²) in [6.07, 6.45) is -12.0. The number of carbonyl (C=O) groups excluding carboxylic acids is 1. The lowest BCUT2D eigenvalue weighted by Crippen LogP contribution is -2.28. The number of benzene rings is 3. The van der Waals surface area contributed by atoms with Gasteiger partial charge in [-0.3, -0.25) is 5.32 Å². The van der Waals surface area contributed by atoms with E-state index in [1.165, 1.54) is 71.7 Å². The Balaban J connectivity index is 1.41. The maximum Gasteiger partial charge on any atom is 0.573 e. The van der Waals surface area contributed by atoms with Gasteiger partial charge in [-0.1, -0.05) is 30.3 Å². The van der Waals surface area contributed by atoms with Gasteiger partial charge in [0.05, 0.1) is 5.69 Å². The zero-order valence-electron chi connectivity index (χ0n) is 18.5. The first-order valence-electron chi connectivity index (χ1n) is 10.5. The van der Waals surface area contributed by atoms with Crippen LogP contribution in [0.15, 0.2) is 85.2 Å². The van der Waals surface area contributed by atoms with Crippen LogP contribution in [0.25, 0.3) is 17.1 Å². The number of hydrogen-bond donors (Lipinski definition) is 1. The van der Waals surface area contributed by atoms with Gasteiger partial charge in [0.15, 0.2) is 5.82 Å². The molecule has 192 valence electrons. The highest BCUT2D eigenvalue weighted by atomic mass is 19.4. The van der Waals surface area contributed by atoms with Gasteiger partial charge in [0.1, 0.15) is 12.1 Å². The molecule has 0 saturated carbocycles. The number of nitrogens with one attached hydrogen (secondary N) is 1. The second-order valence-electron chi connectivity index (χ2n) is 7.49. The summed E-state index contributed by atoms with van der Waals surface area (Å²) >= 11 is 0. The van der Waals surface area contributed by atoms with Gasteiger partial charge in [-0.15, -0.1) is 18.3 Å². The molecule has 4 aromatic rings. The van der Waals surface area contributed by atoms with Crippen molar-refractivity contribution in [2.24, 2.45) is 0 Å². The summed E-state index contributed by atoms with van der Waals surface area (Å²) in [7, 11) is 0. The number of alkyl halides is 6. The molecule has 1 heterocycles. The number of amides is 1. The minimum absolute atomic E-state index is 0.169. The molecule has 1 atom stereocenters. The van der Waals surface area contributed by atoms with Crippen LogP contribution in [-0.4, -0.2) is 33.4 Å². The molecule has 13 heteroatoms. The zero-order valence-corrected chi connectivity index (χ0v) is 18.5. The van der Waals surface area contributed by atoms with Gasteiger partial charge in [-0.25, -0.2) is 14.5 Å². The Hall–Kier alpha value is -4.55. The van der Waals surface area contributed by atoms with Crippen molar-refractivity contribution in [1.82, 2.24) is 14.8 Å². The Bertz CT molecular complexity index is 1340. The first kappa shape index (κ1) is 25.5. The molecule has 1 amide bonds. The summed E-state index contributed by atoms with van der Waals surface area (Å²) < 4.78 is 86.8.